The van der Waals surface area contributed by atoms with Crippen molar-refractivity contribution < 1.29 is 0 Å². The summed E-state index contributed by atoms with van der Waals surface area (Å²) in [5.41, 5.74) is 5.54. The summed E-state index contributed by atoms with van der Waals surface area (Å²) in [6.45, 7) is 4.67. The molecule has 14 heavy (non-hydrogen) atoms. The van der Waals surface area contributed by atoms with Gasteiger partial charge in [-0.2, -0.15) is 0 Å². The van der Waals surface area contributed by atoms with E-state index in [2.05, 4.69) is 39.7 Å². The Balaban J connectivity index is 2.89. The van der Waals surface area contributed by atoms with Crippen LogP contribution < -0.4 is 10.6 Å². The number of nitrogens with two attached hydrogens (primary N) is 1. The summed E-state index contributed by atoms with van der Waals surface area (Å²) in [6.07, 6.45) is 3.46. The van der Waals surface area contributed by atoms with E-state index in [0.29, 0.717) is 12.5 Å². The molecule has 0 radical (unpaired) electrons. The molecule has 0 atom stereocenters. The lowest BCUT2D eigenvalue weighted by atomic mass is 10.1. The van der Waals surface area contributed by atoms with E-state index in [9.17, 15) is 0 Å². The number of anilines is 1. The van der Waals surface area contributed by atoms with Crippen molar-refractivity contribution in [1.82, 2.24) is 9.97 Å². The smallest absolute Gasteiger partial charge is 0.225 e. The minimum atomic E-state index is -0.131. The van der Waals surface area contributed by atoms with E-state index in [1.54, 1.807) is 12.4 Å². The van der Waals surface area contributed by atoms with Crippen molar-refractivity contribution >= 4 is 21.9 Å². The predicted molar refractivity (Wildman–Crippen MR) is 61.3 cm³/mol. The summed E-state index contributed by atoms with van der Waals surface area (Å²) >= 11 is 3.29. The molecule has 0 saturated heterocycles. The maximum Gasteiger partial charge on any atom is 0.225 e. The lowest BCUT2D eigenvalue weighted by Gasteiger charge is -2.34. The Labute approximate surface area is 92.7 Å². The van der Waals surface area contributed by atoms with E-state index < -0.39 is 0 Å². The molecule has 2 N–H and O–H groups in total. The lowest BCUT2D eigenvalue weighted by molar-refractivity contribution is 0.490. The van der Waals surface area contributed by atoms with Gasteiger partial charge in [0.15, 0.2) is 0 Å². The number of halogens is 1. The topological polar surface area (TPSA) is 55.0 Å². The summed E-state index contributed by atoms with van der Waals surface area (Å²) in [6, 6.07) is 0. The van der Waals surface area contributed by atoms with Crippen molar-refractivity contribution in [2.45, 2.75) is 19.4 Å². The first-order valence-corrected chi connectivity index (χ1v) is 5.18. The minimum Gasteiger partial charge on any atom is -0.337 e. The Morgan fingerprint density at radius 3 is 2.36 bits per heavy atom. The molecule has 0 unspecified atom stereocenters. The molecular weight excluding hydrogens is 244 g/mol. The van der Waals surface area contributed by atoms with E-state index in [1.807, 2.05) is 11.9 Å². The highest BCUT2D eigenvalue weighted by Gasteiger charge is 2.23. The van der Waals surface area contributed by atoms with Gasteiger partial charge in [-0.25, -0.2) is 9.97 Å². The first-order valence-electron chi connectivity index (χ1n) is 4.39. The summed E-state index contributed by atoms with van der Waals surface area (Å²) in [5, 5.41) is 0. The van der Waals surface area contributed by atoms with Crippen LogP contribution in [0.5, 0.6) is 0 Å². The standard InChI is InChI=1S/C9H15BrN4/c1-9(2,6-11)14(3)8-12-4-7(10)5-13-8/h4-5H,6,11H2,1-3H3. The zero-order valence-electron chi connectivity index (χ0n) is 8.66. The minimum absolute atomic E-state index is 0.131. The van der Waals surface area contributed by atoms with Crippen molar-refractivity contribution in [1.29, 1.82) is 0 Å². The second kappa shape index (κ2) is 4.23. The normalized spacial score (nSPS) is 11.5. The molecule has 1 rings (SSSR count). The van der Waals surface area contributed by atoms with Gasteiger partial charge in [0.25, 0.3) is 0 Å². The number of hydrogen-bond acceptors (Lipinski definition) is 4. The zero-order chi connectivity index (χ0) is 10.8. The fraction of sp³-hybridized carbons (Fsp3) is 0.556. The number of hydrogen-bond donors (Lipinski definition) is 1. The predicted octanol–water partition coefficient (Wildman–Crippen LogP) is 1.41. The highest BCUT2D eigenvalue weighted by molar-refractivity contribution is 9.10. The van der Waals surface area contributed by atoms with Gasteiger partial charge in [-0.1, -0.05) is 0 Å². The van der Waals surface area contributed by atoms with Crippen molar-refractivity contribution in [2.24, 2.45) is 5.73 Å². The molecule has 0 aliphatic carbocycles. The van der Waals surface area contributed by atoms with Crippen LogP contribution in [-0.2, 0) is 0 Å². The molecule has 5 heteroatoms. The first kappa shape index (κ1) is 11.4. The molecule has 0 aromatic carbocycles. The Morgan fingerprint density at radius 1 is 1.43 bits per heavy atom. The average molecular weight is 259 g/mol. The fourth-order valence-corrected chi connectivity index (χ4v) is 1.09. The molecular formula is C9H15BrN4. The van der Waals surface area contributed by atoms with Crippen LogP contribution in [0.3, 0.4) is 0 Å². The zero-order valence-corrected chi connectivity index (χ0v) is 10.2. The van der Waals surface area contributed by atoms with Crippen LogP contribution in [0.2, 0.25) is 0 Å². The Morgan fingerprint density at radius 2 is 1.93 bits per heavy atom. The van der Waals surface area contributed by atoms with Gasteiger partial charge < -0.3 is 10.6 Å². The molecule has 0 saturated carbocycles. The molecule has 0 fully saturated rings. The van der Waals surface area contributed by atoms with Crippen LogP contribution in [0.15, 0.2) is 16.9 Å². The van der Waals surface area contributed by atoms with Gasteiger partial charge in [0.2, 0.25) is 5.95 Å². The molecule has 0 spiro atoms. The van der Waals surface area contributed by atoms with E-state index in [1.165, 1.54) is 0 Å². The molecule has 1 aromatic rings. The molecule has 0 aliphatic heterocycles. The molecule has 4 nitrogen and oxygen atoms in total. The SMILES string of the molecule is CN(c1ncc(Br)cn1)C(C)(C)CN. The molecule has 1 heterocycles. The molecule has 0 bridgehead atoms. The van der Waals surface area contributed by atoms with Crippen LogP contribution in [0, 0.1) is 0 Å². The van der Waals surface area contributed by atoms with Gasteiger partial charge in [0.05, 0.1) is 4.47 Å². The Hall–Kier alpha value is -0.680. The van der Waals surface area contributed by atoms with Gasteiger partial charge in [-0.3, -0.25) is 0 Å². The van der Waals surface area contributed by atoms with Crippen LogP contribution in [0.4, 0.5) is 5.95 Å². The summed E-state index contributed by atoms with van der Waals surface area (Å²) < 4.78 is 0.875. The largest absolute Gasteiger partial charge is 0.337 e. The fourth-order valence-electron chi connectivity index (χ4n) is 0.886. The second-order valence-corrected chi connectivity index (χ2v) is 4.69. The maximum absolute atomic E-state index is 5.67. The number of aromatic nitrogens is 2. The quantitative estimate of drug-likeness (QED) is 0.891. The Bertz CT molecular complexity index is 296. The highest BCUT2D eigenvalue weighted by Crippen LogP contribution is 2.17. The highest BCUT2D eigenvalue weighted by atomic mass is 79.9. The van der Waals surface area contributed by atoms with Gasteiger partial charge in [0.1, 0.15) is 0 Å². The van der Waals surface area contributed by atoms with E-state index in [4.69, 9.17) is 5.73 Å². The third-order valence-electron chi connectivity index (χ3n) is 2.31. The van der Waals surface area contributed by atoms with Crippen LogP contribution in [0.1, 0.15) is 13.8 Å². The number of rotatable bonds is 3. The van der Waals surface area contributed by atoms with Crippen molar-refractivity contribution in [3.05, 3.63) is 16.9 Å². The lowest BCUT2D eigenvalue weighted by Crippen LogP contribution is -2.48. The van der Waals surface area contributed by atoms with Crippen molar-refractivity contribution in [3.8, 4) is 0 Å². The molecule has 78 valence electrons. The van der Waals surface area contributed by atoms with Crippen molar-refractivity contribution in [3.63, 3.8) is 0 Å². The van der Waals surface area contributed by atoms with Crippen molar-refractivity contribution in [2.75, 3.05) is 18.5 Å². The molecule has 0 aliphatic rings. The van der Waals surface area contributed by atoms with E-state index >= 15 is 0 Å². The monoisotopic (exact) mass is 258 g/mol. The summed E-state index contributed by atoms with van der Waals surface area (Å²) in [5.74, 6) is 0.684. The maximum atomic E-state index is 5.67. The van der Waals surface area contributed by atoms with Crippen LogP contribution in [-0.4, -0.2) is 29.1 Å². The van der Waals surface area contributed by atoms with E-state index in [0.717, 1.165) is 4.47 Å². The van der Waals surface area contributed by atoms with Crippen LogP contribution in [0.25, 0.3) is 0 Å². The number of likely N-dealkylation sites (N-methyl/N-ethyl adjacent to an activating group) is 1. The average Bonchev–Trinajstić information content (AvgIpc) is 2.18. The summed E-state index contributed by atoms with van der Waals surface area (Å²) in [7, 11) is 1.94. The Kier molecular flexibility index (Phi) is 3.44. The van der Waals surface area contributed by atoms with Gasteiger partial charge in [-0.05, 0) is 29.8 Å². The van der Waals surface area contributed by atoms with Gasteiger partial charge in [-0.15, -0.1) is 0 Å². The molecule has 1 aromatic heterocycles. The van der Waals surface area contributed by atoms with E-state index in [-0.39, 0.29) is 5.54 Å². The third kappa shape index (κ3) is 2.42. The second-order valence-electron chi connectivity index (χ2n) is 3.78. The number of nitrogens with zero attached hydrogens (tertiary/aromatic N) is 3. The van der Waals surface area contributed by atoms with Crippen LogP contribution >= 0.6 is 15.9 Å². The third-order valence-corrected chi connectivity index (χ3v) is 2.72. The first-order chi connectivity index (χ1) is 6.47. The summed E-state index contributed by atoms with van der Waals surface area (Å²) in [4.78, 5) is 10.4. The van der Waals surface area contributed by atoms with Gasteiger partial charge >= 0.3 is 0 Å². The molecule has 0 amide bonds. The van der Waals surface area contributed by atoms with Gasteiger partial charge in [0, 0.05) is 31.5 Å².